The Morgan fingerprint density at radius 1 is 0.731 bits per heavy atom. The van der Waals surface area contributed by atoms with E-state index in [0.717, 1.165) is 5.56 Å². The lowest BCUT2D eigenvalue weighted by molar-refractivity contribution is 0.451. The topological polar surface area (TPSA) is 92.0 Å². The molecule has 0 unspecified atom stereocenters. The number of phenolic OH excluding ortho intramolecular Hbond substituents is 2. The Kier molecular flexibility index (Phi) is 3.99. The van der Waals surface area contributed by atoms with Gasteiger partial charge in [-0.1, -0.05) is 36.4 Å². The minimum absolute atomic E-state index is 0.0283. The molecule has 6 nitrogen and oxygen atoms in total. The molecule has 0 fully saturated rings. The van der Waals surface area contributed by atoms with Gasteiger partial charge in [-0.15, -0.1) is 10.2 Å². The van der Waals surface area contributed by atoms with Crippen molar-refractivity contribution in [3.63, 3.8) is 0 Å². The van der Waals surface area contributed by atoms with Crippen molar-refractivity contribution in [3.8, 4) is 45.5 Å². The lowest BCUT2D eigenvalue weighted by atomic mass is 10.0. The smallest absolute Gasteiger partial charge is 0.201 e. The molecule has 2 aromatic carbocycles. The highest BCUT2D eigenvalue weighted by atomic mass is 16.3. The van der Waals surface area contributed by atoms with E-state index >= 15 is 0 Å². The third kappa shape index (κ3) is 2.95. The number of benzene rings is 2. The maximum absolute atomic E-state index is 10.3. The first-order chi connectivity index (χ1) is 12.7. The first kappa shape index (κ1) is 15.7. The molecule has 126 valence electrons. The van der Waals surface area contributed by atoms with Crippen LogP contribution in [0.3, 0.4) is 0 Å². The van der Waals surface area contributed by atoms with E-state index in [1.165, 1.54) is 12.1 Å². The second-order valence-corrected chi connectivity index (χ2v) is 5.62. The van der Waals surface area contributed by atoms with Crippen LogP contribution >= 0.6 is 0 Å². The number of phenols is 2. The number of nitrogens with zero attached hydrogens (tertiary/aromatic N) is 4. The zero-order valence-corrected chi connectivity index (χ0v) is 13.6. The summed E-state index contributed by atoms with van der Waals surface area (Å²) in [4.78, 5) is 8.86. The van der Waals surface area contributed by atoms with Crippen LogP contribution in [-0.4, -0.2) is 30.4 Å². The molecule has 0 spiro atoms. The third-order valence-corrected chi connectivity index (χ3v) is 3.86. The first-order valence-electron chi connectivity index (χ1n) is 7.96. The lowest BCUT2D eigenvalue weighted by Crippen LogP contribution is -2.01. The van der Waals surface area contributed by atoms with Gasteiger partial charge in [0.05, 0.1) is 0 Å². The largest absolute Gasteiger partial charge is 0.508 e. The van der Waals surface area contributed by atoms with Crippen LogP contribution in [0.4, 0.5) is 0 Å². The zero-order valence-electron chi connectivity index (χ0n) is 13.6. The first-order valence-corrected chi connectivity index (χ1v) is 7.96. The van der Waals surface area contributed by atoms with Crippen molar-refractivity contribution in [2.45, 2.75) is 0 Å². The highest BCUT2D eigenvalue weighted by molar-refractivity contribution is 5.81. The molecule has 0 radical (unpaired) electrons. The average molecular weight is 342 g/mol. The van der Waals surface area contributed by atoms with Gasteiger partial charge in [-0.3, -0.25) is 4.98 Å². The summed E-state index contributed by atoms with van der Waals surface area (Å²) in [5, 5.41) is 28.4. The van der Waals surface area contributed by atoms with E-state index in [1.807, 2.05) is 42.5 Å². The normalized spacial score (nSPS) is 10.6. The van der Waals surface area contributed by atoms with Gasteiger partial charge in [0.1, 0.15) is 28.6 Å². The van der Waals surface area contributed by atoms with Crippen molar-refractivity contribution in [1.29, 1.82) is 0 Å². The van der Waals surface area contributed by atoms with Gasteiger partial charge in [-0.25, -0.2) is 4.98 Å². The van der Waals surface area contributed by atoms with Gasteiger partial charge in [-0.05, 0) is 24.3 Å². The van der Waals surface area contributed by atoms with Gasteiger partial charge >= 0.3 is 0 Å². The van der Waals surface area contributed by atoms with E-state index in [-0.39, 0.29) is 11.5 Å². The molecule has 2 aromatic heterocycles. The maximum atomic E-state index is 10.3. The summed E-state index contributed by atoms with van der Waals surface area (Å²) >= 11 is 0. The maximum Gasteiger partial charge on any atom is 0.201 e. The summed E-state index contributed by atoms with van der Waals surface area (Å²) in [6, 6.07) is 19.3. The molecule has 26 heavy (non-hydrogen) atoms. The Morgan fingerprint density at radius 2 is 1.54 bits per heavy atom. The molecule has 6 heteroatoms. The summed E-state index contributed by atoms with van der Waals surface area (Å²) in [5.74, 6) is 0.238. The predicted molar refractivity (Wildman–Crippen MR) is 97.3 cm³/mol. The summed E-state index contributed by atoms with van der Waals surface area (Å²) < 4.78 is 0. The van der Waals surface area contributed by atoms with Crippen LogP contribution in [0.5, 0.6) is 11.5 Å². The molecular formula is C20H14N4O2. The molecule has 0 saturated heterocycles. The minimum atomic E-state index is -0.0883. The van der Waals surface area contributed by atoms with Crippen molar-refractivity contribution in [2.75, 3.05) is 0 Å². The van der Waals surface area contributed by atoms with E-state index in [2.05, 4.69) is 20.2 Å². The van der Waals surface area contributed by atoms with Crippen LogP contribution in [0.1, 0.15) is 0 Å². The zero-order chi connectivity index (χ0) is 17.9. The highest BCUT2D eigenvalue weighted by Gasteiger charge is 2.17. The fourth-order valence-corrected chi connectivity index (χ4v) is 2.63. The molecule has 2 heterocycles. The summed E-state index contributed by atoms with van der Waals surface area (Å²) in [7, 11) is 0. The monoisotopic (exact) mass is 342 g/mol. The van der Waals surface area contributed by atoms with Crippen molar-refractivity contribution < 1.29 is 10.2 Å². The Morgan fingerprint density at radius 3 is 2.27 bits per heavy atom. The number of hydrogen-bond donors (Lipinski definition) is 2. The fourth-order valence-electron chi connectivity index (χ4n) is 2.63. The van der Waals surface area contributed by atoms with Gasteiger partial charge < -0.3 is 10.2 Å². The number of aromatic nitrogens is 4. The van der Waals surface area contributed by atoms with Crippen molar-refractivity contribution in [3.05, 3.63) is 72.9 Å². The summed E-state index contributed by atoms with van der Waals surface area (Å²) in [6.45, 7) is 0. The molecule has 0 atom stereocenters. The molecule has 0 amide bonds. The van der Waals surface area contributed by atoms with Gasteiger partial charge in [0, 0.05) is 23.4 Å². The Bertz CT molecular complexity index is 1050. The number of rotatable bonds is 3. The van der Waals surface area contributed by atoms with Crippen LogP contribution in [0, 0.1) is 0 Å². The van der Waals surface area contributed by atoms with E-state index in [9.17, 15) is 10.2 Å². The highest BCUT2D eigenvalue weighted by Crippen LogP contribution is 2.36. The average Bonchev–Trinajstić information content (AvgIpc) is 2.69. The lowest BCUT2D eigenvalue weighted by Gasteiger charge is -2.11. The molecule has 4 rings (SSSR count). The SMILES string of the molecule is Oc1ccc(-c2nc(-c3ccccn3)nnc2-c2ccccc2)c(O)c1. The van der Waals surface area contributed by atoms with Gasteiger partial charge in [0.2, 0.25) is 5.82 Å². The molecule has 0 aliphatic rings. The Balaban J connectivity index is 1.95. The molecule has 0 aliphatic carbocycles. The van der Waals surface area contributed by atoms with Crippen LogP contribution in [0.15, 0.2) is 72.9 Å². The molecular weight excluding hydrogens is 328 g/mol. The predicted octanol–water partition coefficient (Wildman–Crippen LogP) is 3.68. The molecule has 0 saturated carbocycles. The van der Waals surface area contributed by atoms with Crippen LogP contribution in [0.25, 0.3) is 34.0 Å². The van der Waals surface area contributed by atoms with Crippen LogP contribution in [-0.2, 0) is 0 Å². The van der Waals surface area contributed by atoms with Gasteiger partial charge in [-0.2, -0.15) is 0 Å². The van der Waals surface area contributed by atoms with Crippen LogP contribution in [0.2, 0.25) is 0 Å². The third-order valence-electron chi connectivity index (χ3n) is 3.86. The summed E-state index contributed by atoms with van der Waals surface area (Å²) in [6.07, 6.45) is 1.65. The Labute approximate surface area is 149 Å². The van der Waals surface area contributed by atoms with Gasteiger partial charge in [0.25, 0.3) is 0 Å². The van der Waals surface area contributed by atoms with Crippen LogP contribution < -0.4 is 0 Å². The van der Waals surface area contributed by atoms with E-state index in [4.69, 9.17) is 0 Å². The second kappa shape index (κ2) is 6.60. The molecule has 0 bridgehead atoms. The standard InChI is InChI=1S/C20H14N4O2/c25-14-9-10-15(17(26)12-14)19-18(13-6-2-1-3-7-13)23-24-20(22-19)16-8-4-5-11-21-16/h1-12,25-26H. The molecule has 4 aromatic rings. The fraction of sp³-hybridized carbons (Fsp3) is 0. The van der Waals surface area contributed by atoms with E-state index in [0.29, 0.717) is 28.5 Å². The second-order valence-electron chi connectivity index (χ2n) is 5.62. The van der Waals surface area contributed by atoms with Crippen molar-refractivity contribution in [2.24, 2.45) is 0 Å². The van der Waals surface area contributed by atoms with E-state index in [1.54, 1.807) is 18.3 Å². The number of aromatic hydroxyl groups is 2. The quantitative estimate of drug-likeness (QED) is 0.590. The van der Waals surface area contributed by atoms with Gasteiger partial charge in [0.15, 0.2) is 0 Å². The number of pyridine rings is 1. The molecule has 2 N–H and O–H groups in total. The summed E-state index contributed by atoms with van der Waals surface area (Å²) in [5.41, 5.74) is 2.85. The number of hydrogen-bond acceptors (Lipinski definition) is 6. The van der Waals surface area contributed by atoms with E-state index < -0.39 is 0 Å². The molecule has 0 aliphatic heterocycles. The minimum Gasteiger partial charge on any atom is -0.508 e. The van der Waals surface area contributed by atoms with Crippen molar-refractivity contribution >= 4 is 0 Å². The van der Waals surface area contributed by atoms with Crippen molar-refractivity contribution in [1.82, 2.24) is 20.2 Å². The Hall–Kier alpha value is -3.80.